The van der Waals surface area contributed by atoms with E-state index in [1.54, 1.807) is 0 Å². The zero-order chi connectivity index (χ0) is 11.4. The molecule has 0 saturated carbocycles. The Balaban J connectivity index is 1.81. The zero-order valence-corrected chi connectivity index (χ0v) is 11.7. The van der Waals surface area contributed by atoms with E-state index < -0.39 is 0 Å². The van der Waals surface area contributed by atoms with E-state index >= 15 is 0 Å². The lowest BCUT2D eigenvalue weighted by Crippen LogP contribution is -2.31. The van der Waals surface area contributed by atoms with Crippen molar-refractivity contribution in [2.45, 2.75) is 12.5 Å². The van der Waals surface area contributed by atoms with E-state index in [0.29, 0.717) is 6.10 Å². The van der Waals surface area contributed by atoms with Gasteiger partial charge in [0.2, 0.25) is 0 Å². The normalized spacial score (nSPS) is 18.2. The molecule has 0 spiro atoms. The highest BCUT2D eigenvalue weighted by atomic mass is 79.9. The van der Waals surface area contributed by atoms with E-state index in [-0.39, 0.29) is 0 Å². The molecule has 2 rings (SSSR count). The van der Waals surface area contributed by atoms with Crippen LogP contribution in [0.1, 0.15) is 5.56 Å². The quantitative estimate of drug-likeness (QED) is 0.845. The minimum absolute atomic E-state index is 0.297. The van der Waals surface area contributed by atoms with Crippen LogP contribution >= 0.6 is 27.7 Å². The number of halogens is 1. The summed E-state index contributed by atoms with van der Waals surface area (Å²) < 4.78 is 6.98. The first kappa shape index (κ1) is 12.3. The zero-order valence-electron chi connectivity index (χ0n) is 9.33. The third-order valence-corrected chi connectivity index (χ3v) is 3.72. The molecule has 1 heterocycles. The number of hydrogen-bond acceptors (Lipinski definition) is 3. The van der Waals surface area contributed by atoms with Crippen LogP contribution in [0.3, 0.4) is 0 Å². The second-order valence-electron chi connectivity index (χ2n) is 3.89. The molecule has 0 aliphatic carbocycles. The van der Waals surface area contributed by atoms with Gasteiger partial charge in [-0.1, -0.05) is 15.9 Å². The van der Waals surface area contributed by atoms with Gasteiger partial charge in [0.05, 0.1) is 0 Å². The summed E-state index contributed by atoms with van der Waals surface area (Å²) in [5.41, 5.74) is 1.31. The number of fused-ring (bicyclic) bond motifs is 1. The average Bonchev–Trinajstić information content (AvgIpc) is 2.66. The Labute approximate surface area is 109 Å². The molecule has 1 aliphatic heterocycles. The number of rotatable bonds is 5. The molecule has 16 heavy (non-hydrogen) atoms. The summed E-state index contributed by atoms with van der Waals surface area (Å²) in [6.45, 7) is 1.99. The summed E-state index contributed by atoms with van der Waals surface area (Å²) in [5.74, 6) is 2.20. The van der Waals surface area contributed by atoms with E-state index in [9.17, 15) is 0 Å². The maximum atomic E-state index is 5.85. The van der Waals surface area contributed by atoms with Crippen molar-refractivity contribution in [1.29, 1.82) is 0 Å². The van der Waals surface area contributed by atoms with Gasteiger partial charge in [-0.25, -0.2) is 0 Å². The molecule has 0 fully saturated rings. The van der Waals surface area contributed by atoms with Gasteiger partial charge in [-0.05, 0) is 30.0 Å². The highest BCUT2D eigenvalue weighted by Gasteiger charge is 2.22. The molecule has 4 heteroatoms. The van der Waals surface area contributed by atoms with E-state index in [4.69, 9.17) is 4.74 Å². The highest BCUT2D eigenvalue weighted by Crippen LogP contribution is 2.30. The van der Waals surface area contributed by atoms with Crippen molar-refractivity contribution >= 4 is 27.7 Å². The molecule has 0 aromatic heterocycles. The summed E-state index contributed by atoms with van der Waals surface area (Å²) >= 11 is 5.35. The van der Waals surface area contributed by atoms with Gasteiger partial charge in [-0.3, -0.25) is 0 Å². The van der Waals surface area contributed by atoms with Gasteiger partial charge in [0.1, 0.15) is 11.9 Å². The Hall–Kier alpha value is -0.190. The fraction of sp³-hybridized carbons (Fsp3) is 0.500. The van der Waals surface area contributed by atoms with Crippen LogP contribution < -0.4 is 10.1 Å². The minimum Gasteiger partial charge on any atom is -0.488 e. The first-order chi connectivity index (χ1) is 7.79. The largest absolute Gasteiger partial charge is 0.488 e. The molecule has 1 N–H and O–H groups in total. The SMILES string of the molecule is CSCCNCC1Cc2cc(Br)ccc2O1. The van der Waals surface area contributed by atoms with Crippen LogP contribution in [0.5, 0.6) is 5.75 Å². The lowest BCUT2D eigenvalue weighted by molar-refractivity contribution is 0.229. The van der Waals surface area contributed by atoms with Gasteiger partial charge in [0.25, 0.3) is 0 Å². The molecule has 1 aromatic rings. The van der Waals surface area contributed by atoms with E-state index in [2.05, 4.69) is 33.6 Å². The third-order valence-electron chi connectivity index (χ3n) is 2.62. The molecule has 0 saturated heterocycles. The number of ether oxygens (including phenoxy) is 1. The van der Waals surface area contributed by atoms with Gasteiger partial charge in [-0.15, -0.1) is 0 Å². The first-order valence-corrected chi connectivity index (χ1v) is 7.63. The fourth-order valence-electron chi connectivity index (χ4n) is 1.84. The smallest absolute Gasteiger partial charge is 0.123 e. The molecule has 0 radical (unpaired) electrons. The van der Waals surface area contributed by atoms with Gasteiger partial charge in [0.15, 0.2) is 0 Å². The minimum atomic E-state index is 0.297. The van der Waals surface area contributed by atoms with Gasteiger partial charge in [0, 0.05) is 29.7 Å². The Kier molecular flexibility index (Phi) is 4.55. The summed E-state index contributed by atoms with van der Waals surface area (Å²) in [4.78, 5) is 0. The van der Waals surface area contributed by atoms with Crippen molar-refractivity contribution < 1.29 is 4.74 Å². The maximum Gasteiger partial charge on any atom is 0.123 e. The Morgan fingerprint density at radius 3 is 3.25 bits per heavy atom. The maximum absolute atomic E-state index is 5.85. The lowest BCUT2D eigenvalue weighted by atomic mass is 10.1. The van der Waals surface area contributed by atoms with Crippen LogP contribution in [-0.4, -0.2) is 31.2 Å². The van der Waals surface area contributed by atoms with E-state index in [1.165, 1.54) is 5.56 Å². The van der Waals surface area contributed by atoms with Crippen molar-refractivity contribution in [3.63, 3.8) is 0 Å². The summed E-state index contributed by atoms with van der Waals surface area (Å²) in [6.07, 6.45) is 3.44. The second-order valence-corrected chi connectivity index (χ2v) is 5.79. The molecule has 1 atom stereocenters. The lowest BCUT2D eigenvalue weighted by Gasteiger charge is -2.11. The summed E-state index contributed by atoms with van der Waals surface area (Å²) in [5, 5.41) is 3.42. The Morgan fingerprint density at radius 1 is 1.56 bits per heavy atom. The molecule has 0 amide bonds. The molecule has 1 aliphatic rings. The van der Waals surface area contributed by atoms with Crippen molar-refractivity contribution in [1.82, 2.24) is 5.32 Å². The van der Waals surface area contributed by atoms with Crippen molar-refractivity contribution in [2.24, 2.45) is 0 Å². The highest BCUT2D eigenvalue weighted by molar-refractivity contribution is 9.10. The van der Waals surface area contributed by atoms with Crippen LogP contribution in [0.4, 0.5) is 0 Å². The monoisotopic (exact) mass is 301 g/mol. The van der Waals surface area contributed by atoms with Crippen LogP contribution in [0.25, 0.3) is 0 Å². The average molecular weight is 302 g/mol. The topological polar surface area (TPSA) is 21.3 Å². The molecule has 2 nitrogen and oxygen atoms in total. The third kappa shape index (κ3) is 3.15. The predicted molar refractivity (Wildman–Crippen MR) is 73.5 cm³/mol. The van der Waals surface area contributed by atoms with Gasteiger partial charge >= 0.3 is 0 Å². The number of thioether (sulfide) groups is 1. The van der Waals surface area contributed by atoms with Gasteiger partial charge < -0.3 is 10.1 Å². The fourth-order valence-corrected chi connectivity index (χ4v) is 2.60. The molecular weight excluding hydrogens is 286 g/mol. The number of nitrogens with one attached hydrogen (secondary N) is 1. The number of hydrogen-bond donors (Lipinski definition) is 1. The summed E-state index contributed by atoms with van der Waals surface area (Å²) in [6, 6.07) is 6.22. The van der Waals surface area contributed by atoms with Gasteiger partial charge in [-0.2, -0.15) is 11.8 Å². The summed E-state index contributed by atoms with van der Waals surface area (Å²) in [7, 11) is 0. The molecular formula is C12H16BrNOS. The van der Waals surface area contributed by atoms with E-state index in [1.807, 2.05) is 23.9 Å². The molecule has 1 aromatic carbocycles. The van der Waals surface area contributed by atoms with E-state index in [0.717, 1.165) is 35.5 Å². The molecule has 1 unspecified atom stereocenters. The predicted octanol–water partition coefficient (Wildman–Crippen LogP) is 2.71. The Morgan fingerprint density at radius 2 is 2.44 bits per heavy atom. The van der Waals surface area contributed by atoms with Crippen molar-refractivity contribution in [3.05, 3.63) is 28.2 Å². The molecule has 88 valence electrons. The first-order valence-electron chi connectivity index (χ1n) is 5.44. The second kappa shape index (κ2) is 5.94. The van der Waals surface area contributed by atoms with Crippen LogP contribution in [0.15, 0.2) is 22.7 Å². The van der Waals surface area contributed by atoms with Crippen LogP contribution in [-0.2, 0) is 6.42 Å². The molecule has 0 bridgehead atoms. The van der Waals surface area contributed by atoms with Crippen molar-refractivity contribution in [3.8, 4) is 5.75 Å². The van der Waals surface area contributed by atoms with Crippen LogP contribution in [0.2, 0.25) is 0 Å². The standard InChI is InChI=1S/C12H16BrNOS/c1-16-5-4-14-8-11-7-9-6-10(13)2-3-12(9)15-11/h2-3,6,11,14H,4-5,7-8H2,1H3. The number of benzene rings is 1. The Bertz CT molecular complexity index is 359. The van der Waals surface area contributed by atoms with Crippen molar-refractivity contribution in [2.75, 3.05) is 25.1 Å². The van der Waals surface area contributed by atoms with Crippen LogP contribution in [0, 0.1) is 0 Å².